The molecule has 11 heteroatoms. The highest BCUT2D eigenvalue weighted by molar-refractivity contribution is 7.12. The highest BCUT2D eigenvalue weighted by atomic mass is 32.1. The van der Waals surface area contributed by atoms with Gasteiger partial charge in [0.15, 0.2) is 0 Å². The summed E-state index contributed by atoms with van der Waals surface area (Å²) in [5.41, 5.74) is 1.83. The Labute approximate surface area is 199 Å². The van der Waals surface area contributed by atoms with Gasteiger partial charge in [0.1, 0.15) is 10.5 Å². The molecule has 1 N–H and O–H groups in total. The van der Waals surface area contributed by atoms with Crippen molar-refractivity contribution < 1.29 is 23.0 Å². The first kappa shape index (κ1) is 23.4. The van der Waals surface area contributed by atoms with E-state index in [2.05, 4.69) is 26.9 Å². The fourth-order valence-corrected chi connectivity index (χ4v) is 6.56. The third-order valence-corrected chi connectivity index (χ3v) is 8.25. The number of thiophene rings is 1. The number of fused-ring (bicyclic) bond motifs is 2. The average molecular weight is 494 g/mol. The van der Waals surface area contributed by atoms with Crippen LogP contribution in [0.25, 0.3) is 0 Å². The lowest BCUT2D eigenvalue weighted by Crippen LogP contribution is -2.50. The Hall–Kier alpha value is -2.34. The lowest BCUT2D eigenvalue weighted by molar-refractivity contribution is -0.135. The van der Waals surface area contributed by atoms with Gasteiger partial charge in [-0.3, -0.25) is 19.5 Å². The zero-order chi connectivity index (χ0) is 23.9. The number of ether oxygens (including phenoxy) is 1. The van der Waals surface area contributed by atoms with Gasteiger partial charge in [-0.2, -0.15) is 18.3 Å². The smallest absolute Gasteiger partial charge is 0.392 e. The molecule has 0 saturated carbocycles. The first-order valence-corrected chi connectivity index (χ1v) is 12.1. The number of aliphatic hydroxyl groups excluding tert-OH is 1. The molecule has 5 heterocycles. The van der Waals surface area contributed by atoms with Crippen LogP contribution in [0.4, 0.5) is 13.2 Å². The molecule has 2 aliphatic heterocycles. The molecule has 5 rings (SSSR count). The molecule has 1 fully saturated rings. The zero-order valence-corrected chi connectivity index (χ0v) is 19.6. The highest BCUT2D eigenvalue weighted by Crippen LogP contribution is 2.51. The van der Waals surface area contributed by atoms with E-state index >= 15 is 0 Å². The number of hydrogen-bond donors (Lipinski definition) is 1. The van der Waals surface area contributed by atoms with Gasteiger partial charge < -0.3 is 9.84 Å². The van der Waals surface area contributed by atoms with Crippen molar-refractivity contribution >= 4 is 11.3 Å². The summed E-state index contributed by atoms with van der Waals surface area (Å²) in [7, 11) is 0. The molecule has 182 valence electrons. The molecule has 3 aromatic rings. The summed E-state index contributed by atoms with van der Waals surface area (Å²) in [5.74, 6) is 0. The van der Waals surface area contributed by atoms with Gasteiger partial charge in [0.2, 0.25) is 0 Å². The molecule has 0 unspecified atom stereocenters. The average Bonchev–Trinajstić information content (AvgIpc) is 3.41. The van der Waals surface area contributed by atoms with E-state index < -0.39 is 23.3 Å². The number of alkyl halides is 3. The number of aromatic nitrogens is 4. The predicted molar refractivity (Wildman–Crippen MR) is 119 cm³/mol. The summed E-state index contributed by atoms with van der Waals surface area (Å²) in [5, 5.41) is 14.1. The lowest BCUT2D eigenvalue weighted by atomic mass is 9.81. The molecule has 7 nitrogen and oxygen atoms in total. The molecular formula is C23H26F3N5O2S. The van der Waals surface area contributed by atoms with E-state index in [-0.39, 0.29) is 11.6 Å². The largest absolute Gasteiger partial charge is 0.425 e. The second-order valence-corrected chi connectivity index (χ2v) is 10.0. The molecule has 0 aliphatic carbocycles. The molecule has 2 atom stereocenters. The summed E-state index contributed by atoms with van der Waals surface area (Å²) in [6.07, 6.45) is 5.97. The number of hydrogen-bond acceptors (Lipinski definition) is 7. The van der Waals surface area contributed by atoms with E-state index in [1.807, 2.05) is 17.1 Å². The van der Waals surface area contributed by atoms with Gasteiger partial charge in [-0.05, 0) is 31.7 Å². The van der Waals surface area contributed by atoms with E-state index in [9.17, 15) is 18.3 Å². The van der Waals surface area contributed by atoms with Crippen molar-refractivity contribution in [3.8, 4) is 0 Å². The first-order valence-electron chi connectivity index (χ1n) is 11.3. The molecular weight excluding hydrogens is 467 g/mol. The van der Waals surface area contributed by atoms with Gasteiger partial charge in [0.25, 0.3) is 0 Å². The van der Waals surface area contributed by atoms with Crippen molar-refractivity contribution in [2.24, 2.45) is 0 Å². The minimum Gasteiger partial charge on any atom is -0.392 e. The number of likely N-dealkylation sites (tertiary alicyclic amines) is 1. The van der Waals surface area contributed by atoms with Gasteiger partial charge >= 0.3 is 6.18 Å². The summed E-state index contributed by atoms with van der Waals surface area (Å²) in [4.78, 5) is 10.6. The fraction of sp³-hybridized carbons (Fsp3) is 0.522. The number of aliphatic hydroxyl groups is 1. The molecule has 1 saturated heterocycles. The second kappa shape index (κ2) is 9.03. The van der Waals surface area contributed by atoms with Crippen LogP contribution >= 0.6 is 11.3 Å². The Bertz CT molecular complexity index is 1150. The summed E-state index contributed by atoms with van der Waals surface area (Å²) >= 11 is 0.757. The van der Waals surface area contributed by atoms with Crippen molar-refractivity contribution in [2.45, 2.75) is 63.7 Å². The predicted octanol–water partition coefficient (Wildman–Crippen LogP) is 3.75. The summed E-state index contributed by atoms with van der Waals surface area (Å²) in [6, 6.07) is 0.108. The number of nitrogens with zero attached hydrogens (tertiary/aromatic N) is 5. The summed E-state index contributed by atoms with van der Waals surface area (Å²) in [6.45, 7) is 3.80. The molecule has 3 aromatic heterocycles. The van der Waals surface area contributed by atoms with Gasteiger partial charge in [0.05, 0.1) is 37.8 Å². The standard InChI is InChI=1S/C23H26F3N5O2S/c1-15-8-22(20-18(2-7-33-22)19(14-32)21(34-20)23(24,25)26)3-6-30(15)11-16-9-29-31(12-16)13-17-10-27-4-5-28-17/h4-5,9-10,12,15,32H,2-3,6-8,11,13-14H2,1H3/t15-,22+/m0/s1. The van der Waals surface area contributed by atoms with Crippen LogP contribution < -0.4 is 0 Å². The van der Waals surface area contributed by atoms with E-state index in [1.54, 1.807) is 18.6 Å². The third kappa shape index (κ3) is 4.37. The van der Waals surface area contributed by atoms with Crippen LogP contribution in [0.5, 0.6) is 0 Å². The number of halogens is 3. The quantitative estimate of drug-likeness (QED) is 0.584. The topological polar surface area (TPSA) is 76.3 Å². The first-order chi connectivity index (χ1) is 16.3. The monoisotopic (exact) mass is 493 g/mol. The fourth-order valence-electron chi connectivity index (χ4n) is 5.15. The Balaban J connectivity index is 1.31. The Morgan fingerprint density at radius 3 is 2.82 bits per heavy atom. The van der Waals surface area contributed by atoms with Crippen LogP contribution in [0.1, 0.15) is 51.9 Å². The molecule has 2 aliphatic rings. The van der Waals surface area contributed by atoms with Crippen LogP contribution in [0.2, 0.25) is 0 Å². The van der Waals surface area contributed by atoms with Crippen LogP contribution in [0, 0.1) is 0 Å². The second-order valence-electron chi connectivity index (χ2n) is 8.98. The number of piperidine rings is 1. The van der Waals surface area contributed by atoms with E-state index in [0.717, 1.165) is 22.6 Å². The molecule has 0 bridgehead atoms. The normalized spacial score (nSPS) is 23.4. The van der Waals surface area contributed by atoms with Crippen molar-refractivity contribution in [3.05, 3.63) is 63.1 Å². The van der Waals surface area contributed by atoms with E-state index in [1.165, 1.54) is 0 Å². The van der Waals surface area contributed by atoms with Crippen LogP contribution in [0.3, 0.4) is 0 Å². The zero-order valence-electron chi connectivity index (χ0n) is 18.8. The van der Waals surface area contributed by atoms with Crippen molar-refractivity contribution in [1.82, 2.24) is 24.6 Å². The maximum Gasteiger partial charge on any atom is 0.425 e. The molecule has 34 heavy (non-hydrogen) atoms. The molecule has 1 spiro atoms. The van der Waals surface area contributed by atoms with Crippen LogP contribution in [-0.4, -0.2) is 48.9 Å². The third-order valence-electron chi connectivity index (χ3n) is 6.74. The lowest BCUT2D eigenvalue weighted by Gasteiger charge is -2.47. The number of rotatable bonds is 5. The van der Waals surface area contributed by atoms with Gasteiger partial charge in [0, 0.05) is 53.7 Å². The molecule has 0 amide bonds. The molecule has 0 radical (unpaired) electrons. The van der Waals surface area contributed by atoms with Gasteiger partial charge in [-0.15, -0.1) is 11.3 Å². The van der Waals surface area contributed by atoms with Crippen LogP contribution in [-0.2, 0) is 42.6 Å². The summed E-state index contributed by atoms with van der Waals surface area (Å²) < 4.78 is 48.9. The molecule has 0 aromatic carbocycles. The van der Waals surface area contributed by atoms with Gasteiger partial charge in [-0.25, -0.2) is 0 Å². The van der Waals surface area contributed by atoms with Crippen molar-refractivity contribution in [2.75, 3.05) is 13.2 Å². The minimum atomic E-state index is -4.47. The maximum atomic E-state index is 13.6. The Morgan fingerprint density at radius 2 is 2.12 bits per heavy atom. The SMILES string of the molecule is C[C@H]1C[C@@]2(CCN1Cc1cnn(Cc3cnccn3)c1)OCCc1c2sc(C(F)(F)F)c1CO. The Kier molecular flexibility index (Phi) is 6.21. The van der Waals surface area contributed by atoms with Crippen LogP contribution in [0.15, 0.2) is 31.0 Å². The van der Waals surface area contributed by atoms with Crippen molar-refractivity contribution in [1.29, 1.82) is 0 Å². The Morgan fingerprint density at radius 1 is 1.26 bits per heavy atom. The minimum absolute atomic E-state index is 0.0285. The van der Waals surface area contributed by atoms with E-state index in [4.69, 9.17) is 4.74 Å². The maximum absolute atomic E-state index is 13.6. The highest BCUT2D eigenvalue weighted by Gasteiger charge is 2.48. The van der Waals surface area contributed by atoms with Gasteiger partial charge in [-0.1, -0.05) is 0 Å². The van der Waals surface area contributed by atoms with E-state index in [0.29, 0.717) is 55.9 Å². The van der Waals surface area contributed by atoms with Crippen molar-refractivity contribution in [3.63, 3.8) is 0 Å².